The molecule has 6 nitrogen and oxygen atoms in total. The number of para-hydroxylation sites is 1. The molecule has 2 heterocycles. The Morgan fingerprint density at radius 2 is 2.30 bits per heavy atom. The molecule has 1 atom stereocenters. The molecule has 0 spiro atoms. The number of carbonyl (C=O) groups is 1. The zero-order valence-electron chi connectivity index (χ0n) is 11.4. The maximum Gasteiger partial charge on any atom is 0.251 e. The minimum Gasteiger partial charge on any atom is -0.492 e. The molecule has 20 heavy (non-hydrogen) atoms. The van der Waals surface area contributed by atoms with Gasteiger partial charge in [0.05, 0.1) is 18.5 Å². The quantitative estimate of drug-likeness (QED) is 0.895. The Balaban J connectivity index is 1.95. The van der Waals surface area contributed by atoms with Gasteiger partial charge < -0.3 is 15.4 Å². The van der Waals surface area contributed by atoms with Gasteiger partial charge in [0.25, 0.3) is 5.91 Å². The number of aromatic nitrogens is 2. The third kappa shape index (κ3) is 2.09. The molecule has 1 aromatic carbocycles. The molecule has 0 radical (unpaired) electrons. The van der Waals surface area contributed by atoms with Crippen molar-refractivity contribution < 1.29 is 9.53 Å². The average molecular weight is 272 g/mol. The summed E-state index contributed by atoms with van der Waals surface area (Å²) in [7, 11) is 1.82. The van der Waals surface area contributed by atoms with Gasteiger partial charge in [-0.25, -0.2) is 0 Å². The van der Waals surface area contributed by atoms with Crippen molar-refractivity contribution in [1.82, 2.24) is 9.78 Å². The van der Waals surface area contributed by atoms with E-state index in [1.165, 1.54) is 0 Å². The van der Waals surface area contributed by atoms with E-state index in [2.05, 4.69) is 15.7 Å². The van der Waals surface area contributed by atoms with Crippen molar-refractivity contribution in [3.63, 3.8) is 0 Å². The molecule has 0 saturated heterocycles. The minimum atomic E-state index is -0.437. The molecule has 6 heteroatoms. The van der Waals surface area contributed by atoms with Crippen LogP contribution >= 0.6 is 0 Å². The highest BCUT2D eigenvalue weighted by Crippen LogP contribution is 2.38. The summed E-state index contributed by atoms with van der Waals surface area (Å²) in [6, 6.07) is 5.22. The third-order valence-electron chi connectivity index (χ3n) is 3.19. The summed E-state index contributed by atoms with van der Waals surface area (Å²) in [5.74, 6) is 0.563. The zero-order valence-corrected chi connectivity index (χ0v) is 11.4. The molecule has 1 unspecified atom stereocenters. The maximum atomic E-state index is 12.3. The van der Waals surface area contributed by atoms with Gasteiger partial charge in [0, 0.05) is 18.8 Å². The Hall–Kier alpha value is -2.50. The van der Waals surface area contributed by atoms with E-state index in [0.717, 1.165) is 11.3 Å². The molecule has 0 saturated carbocycles. The average Bonchev–Trinajstić information content (AvgIpc) is 2.86. The summed E-state index contributed by atoms with van der Waals surface area (Å²) >= 11 is 0. The Bertz CT molecular complexity index is 650. The van der Waals surface area contributed by atoms with E-state index < -0.39 is 6.04 Å². The SMILES string of the molecule is CCOc1cccc2c1NC(=O)C(c1cnn(C)c1)N2. The lowest BCUT2D eigenvalue weighted by atomic mass is 10.1. The lowest BCUT2D eigenvalue weighted by molar-refractivity contribution is -0.117. The molecule has 104 valence electrons. The van der Waals surface area contributed by atoms with Gasteiger partial charge in [-0.15, -0.1) is 0 Å². The van der Waals surface area contributed by atoms with Crippen molar-refractivity contribution in [2.24, 2.45) is 7.05 Å². The highest BCUT2D eigenvalue weighted by atomic mass is 16.5. The Labute approximate surface area is 116 Å². The first-order valence-electron chi connectivity index (χ1n) is 6.51. The first-order valence-corrected chi connectivity index (χ1v) is 6.51. The molecule has 2 aromatic rings. The highest BCUT2D eigenvalue weighted by molar-refractivity contribution is 6.05. The van der Waals surface area contributed by atoms with Gasteiger partial charge >= 0.3 is 0 Å². The molecule has 0 fully saturated rings. The van der Waals surface area contributed by atoms with E-state index in [1.54, 1.807) is 10.9 Å². The number of fused-ring (bicyclic) bond motifs is 1. The smallest absolute Gasteiger partial charge is 0.251 e. The van der Waals surface area contributed by atoms with E-state index in [-0.39, 0.29) is 5.91 Å². The number of nitrogens with one attached hydrogen (secondary N) is 2. The van der Waals surface area contributed by atoms with Crippen LogP contribution in [0.2, 0.25) is 0 Å². The number of hydrogen-bond acceptors (Lipinski definition) is 4. The van der Waals surface area contributed by atoms with Gasteiger partial charge in [-0.1, -0.05) is 6.07 Å². The molecule has 1 aromatic heterocycles. The number of rotatable bonds is 3. The first kappa shape index (κ1) is 12.5. The summed E-state index contributed by atoms with van der Waals surface area (Å²) in [6.45, 7) is 2.47. The number of amides is 1. The molecule has 2 N–H and O–H groups in total. The van der Waals surface area contributed by atoms with E-state index in [4.69, 9.17) is 4.74 Å². The van der Waals surface area contributed by atoms with Crippen LogP contribution in [-0.2, 0) is 11.8 Å². The maximum absolute atomic E-state index is 12.3. The second kappa shape index (κ2) is 4.88. The van der Waals surface area contributed by atoms with Gasteiger partial charge in [-0.3, -0.25) is 9.48 Å². The standard InChI is InChI=1S/C14H16N4O2/c1-3-20-11-6-4-5-10-13(11)17-14(19)12(16-10)9-7-15-18(2)8-9/h4-8,12,16H,3H2,1-2H3,(H,17,19). The van der Waals surface area contributed by atoms with Gasteiger partial charge in [-0.05, 0) is 19.1 Å². The van der Waals surface area contributed by atoms with E-state index in [1.807, 2.05) is 38.4 Å². The van der Waals surface area contributed by atoms with Crippen molar-refractivity contribution in [2.75, 3.05) is 17.2 Å². The monoisotopic (exact) mass is 272 g/mol. The minimum absolute atomic E-state index is 0.113. The van der Waals surface area contributed by atoms with Crippen LogP contribution in [0, 0.1) is 0 Å². The number of hydrogen-bond donors (Lipinski definition) is 2. The molecule has 1 aliphatic rings. The van der Waals surface area contributed by atoms with Crippen molar-refractivity contribution in [2.45, 2.75) is 13.0 Å². The number of aryl methyl sites for hydroxylation is 1. The number of ether oxygens (including phenoxy) is 1. The largest absolute Gasteiger partial charge is 0.492 e. The van der Waals surface area contributed by atoms with E-state index >= 15 is 0 Å². The molecule has 1 aliphatic heterocycles. The number of benzene rings is 1. The second-order valence-electron chi connectivity index (χ2n) is 4.63. The summed E-state index contributed by atoms with van der Waals surface area (Å²) in [5, 5.41) is 10.2. The van der Waals surface area contributed by atoms with Crippen LogP contribution in [0.25, 0.3) is 0 Å². The van der Waals surface area contributed by atoms with E-state index in [9.17, 15) is 4.79 Å². The second-order valence-corrected chi connectivity index (χ2v) is 4.63. The van der Waals surface area contributed by atoms with E-state index in [0.29, 0.717) is 18.0 Å². The van der Waals surface area contributed by atoms with Crippen molar-refractivity contribution in [3.05, 3.63) is 36.2 Å². The van der Waals surface area contributed by atoms with Crippen LogP contribution in [0.1, 0.15) is 18.5 Å². The lowest BCUT2D eigenvalue weighted by Gasteiger charge is -2.27. The molecular weight excluding hydrogens is 256 g/mol. The van der Waals surface area contributed by atoms with Crippen LogP contribution in [0.15, 0.2) is 30.6 Å². The lowest BCUT2D eigenvalue weighted by Crippen LogP contribution is -2.32. The molecule has 0 aliphatic carbocycles. The van der Waals surface area contributed by atoms with Crippen molar-refractivity contribution in [3.8, 4) is 5.75 Å². The van der Waals surface area contributed by atoms with Crippen LogP contribution in [0.5, 0.6) is 5.75 Å². The Kier molecular flexibility index (Phi) is 3.06. The van der Waals surface area contributed by atoms with Crippen molar-refractivity contribution >= 4 is 17.3 Å². The summed E-state index contributed by atoms with van der Waals surface area (Å²) in [6.07, 6.45) is 3.52. The molecule has 3 rings (SSSR count). The predicted molar refractivity (Wildman–Crippen MR) is 75.8 cm³/mol. The van der Waals surface area contributed by atoms with Gasteiger partial charge in [0.1, 0.15) is 17.5 Å². The Morgan fingerprint density at radius 3 is 3.00 bits per heavy atom. The number of nitrogens with zero attached hydrogens (tertiary/aromatic N) is 2. The Morgan fingerprint density at radius 1 is 1.45 bits per heavy atom. The fourth-order valence-electron chi connectivity index (χ4n) is 2.30. The number of carbonyl (C=O) groups excluding carboxylic acids is 1. The topological polar surface area (TPSA) is 68.2 Å². The first-order chi connectivity index (χ1) is 9.69. The number of anilines is 2. The third-order valence-corrected chi connectivity index (χ3v) is 3.19. The molecular formula is C14H16N4O2. The fourth-order valence-corrected chi connectivity index (χ4v) is 2.30. The molecule has 1 amide bonds. The zero-order chi connectivity index (χ0) is 14.1. The summed E-state index contributed by atoms with van der Waals surface area (Å²) in [5.41, 5.74) is 2.38. The predicted octanol–water partition coefficient (Wildman–Crippen LogP) is 1.92. The summed E-state index contributed by atoms with van der Waals surface area (Å²) < 4.78 is 7.20. The van der Waals surface area contributed by atoms with Gasteiger partial charge in [0.15, 0.2) is 0 Å². The van der Waals surface area contributed by atoms with Crippen LogP contribution in [0.4, 0.5) is 11.4 Å². The van der Waals surface area contributed by atoms with Crippen LogP contribution < -0.4 is 15.4 Å². The van der Waals surface area contributed by atoms with Crippen LogP contribution in [0.3, 0.4) is 0 Å². The molecule has 0 bridgehead atoms. The van der Waals surface area contributed by atoms with Gasteiger partial charge in [-0.2, -0.15) is 5.10 Å². The van der Waals surface area contributed by atoms with Crippen molar-refractivity contribution in [1.29, 1.82) is 0 Å². The summed E-state index contributed by atoms with van der Waals surface area (Å²) in [4.78, 5) is 12.3. The van der Waals surface area contributed by atoms with Gasteiger partial charge in [0.2, 0.25) is 0 Å². The highest BCUT2D eigenvalue weighted by Gasteiger charge is 2.29. The fraction of sp³-hybridized carbons (Fsp3) is 0.286. The normalized spacial score (nSPS) is 17.1. The van der Waals surface area contributed by atoms with Crippen LogP contribution in [-0.4, -0.2) is 22.3 Å².